The summed E-state index contributed by atoms with van der Waals surface area (Å²) in [6.45, 7) is 8.50. The van der Waals surface area contributed by atoms with Crippen LogP contribution in [0.4, 0.5) is 0 Å². The van der Waals surface area contributed by atoms with Crippen molar-refractivity contribution in [2.24, 2.45) is 0 Å². The maximum Gasteiger partial charge on any atom is 0 e. The van der Waals surface area contributed by atoms with Crippen molar-refractivity contribution >= 4 is 0 Å². The summed E-state index contributed by atoms with van der Waals surface area (Å²) >= 11 is 0. The predicted molar refractivity (Wildman–Crippen MR) is 85.1 cm³/mol. The molecule has 0 aromatic rings. The van der Waals surface area contributed by atoms with Crippen LogP contribution in [0.5, 0.6) is 0 Å². The molecule has 0 nitrogen and oxygen atoms in total. The maximum atomic E-state index is 2.12. The van der Waals surface area contributed by atoms with Crippen LogP contribution in [0.15, 0.2) is 0 Å². The molecule has 0 aromatic heterocycles. The fourth-order valence-electron chi connectivity index (χ4n) is 0. The van der Waals surface area contributed by atoms with E-state index >= 15 is 0 Å². The van der Waals surface area contributed by atoms with E-state index in [0.717, 1.165) is 0 Å². The van der Waals surface area contributed by atoms with Gasteiger partial charge in [-0.3, -0.25) is 0 Å². The van der Waals surface area contributed by atoms with Crippen molar-refractivity contribution in [3.05, 3.63) is 14.9 Å². The number of hydrogen-bond donors (Lipinski definition) is 0. The minimum Gasteiger partial charge on any atom is -0.358 e. The van der Waals surface area contributed by atoms with Crippen LogP contribution in [-0.4, -0.2) is 0 Å². The van der Waals surface area contributed by atoms with Crippen molar-refractivity contribution in [3.63, 3.8) is 0 Å². The van der Waals surface area contributed by atoms with Gasteiger partial charge in [0.2, 0.25) is 0 Å². The van der Waals surface area contributed by atoms with E-state index in [1.165, 1.54) is 12.8 Å². The summed E-state index contributed by atoms with van der Waals surface area (Å²) in [5.74, 6) is 0. The zero-order chi connectivity index (χ0) is 5.41. The molecule has 0 unspecified atom stereocenters. The Morgan fingerprint density at radius 3 is 0.467 bits per heavy atom. The Morgan fingerprint density at radius 1 is 0.467 bits per heavy atom. The Hall–Kier alpha value is 1.10. The van der Waals surface area contributed by atoms with Crippen LogP contribution in [0.1, 0.15) is 85.1 Å². The van der Waals surface area contributed by atoms with E-state index < -0.39 is 0 Å². The van der Waals surface area contributed by atoms with E-state index in [1.807, 2.05) is 0 Å². The first kappa shape index (κ1) is 141. The second kappa shape index (κ2) is 312. The molecular formula is C14H46Y-2. The zero-order valence-electron chi connectivity index (χ0n) is 7.99. The molecule has 0 saturated carbocycles. The van der Waals surface area contributed by atoms with Gasteiger partial charge in [-0.15, -0.1) is 0 Å². The summed E-state index contributed by atoms with van der Waals surface area (Å²) in [7, 11) is 0. The molecule has 0 aliphatic carbocycles. The van der Waals surface area contributed by atoms with E-state index in [0.29, 0.717) is 0 Å². The normalized spacial score (nSPS) is 2.40. The third kappa shape index (κ3) is 2130. The van der Waals surface area contributed by atoms with Gasteiger partial charge in [-0.05, 0) is 0 Å². The van der Waals surface area contributed by atoms with E-state index in [4.69, 9.17) is 0 Å². The van der Waals surface area contributed by atoms with Gasteiger partial charge >= 0.3 is 0 Å². The van der Waals surface area contributed by atoms with Crippen molar-refractivity contribution < 1.29 is 32.7 Å². The smallest absolute Gasteiger partial charge is 0 e. The molecule has 15 heavy (non-hydrogen) atoms. The second-order valence-corrected chi connectivity index (χ2v) is 1.41. The first-order chi connectivity index (χ1) is 2.83. The van der Waals surface area contributed by atoms with Crippen molar-refractivity contribution in [1.82, 2.24) is 0 Å². The molecule has 0 saturated heterocycles. The minimum atomic E-state index is 0. The first-order valence-corrected chi connectivity index (χ1v) is 2.83. The first-order valence-electron chi connectivity index (χ1n) is 2.83. The maximum absolute atomic E-state index is 2.12. The molecule has 0 bridgehead atoms. The Kier molecular flexibility index (Phi) is 2930. The molecule has 1 radical (unpaired) electrons. The number of rotatable bonds is 0. The van der Waals surface area contributed by atoms with Crippen LogP contribution in [0.25, 0.3) is 0 Å². The van der Waals surface area contributed by atoms with Crippen LogP contribution in [-0.2, 0) is 32.7 Å². The molecule has 0 fully saturated rings. The molecule has 1 heteroatoms. The summed E-state index contributed by atoms with van der Waals surface area (Å²) in [6, 6.07) is 0. The molecule has 0 amide bonds. The van der Waals surface area contributed by atoms with Crippen LogP contribution in [0, 0.1) is 14.9 Å². The van der Waals surface area contributed by atoms with E-state index in [9.17, 15) is 0 Å². The van der Waals surface area contributed by atoms with Crippen molar-refractivity contribution in [2.45, 2.75) is 85.1 Å². The molecule has 0 spiro atoms. The zero-order valence-corrected chi connectivity index (χ0v) is 10.8. The van der Waals surface area contributed by atoms with Gasteiger partial charge in [-0.25, -0.2) is 0 Å². The Balaban J connectivity index is -0.00000000148. The van der Waals surface area contributed by atoms with E-state index in [2.05, 4.69) is 27.7 Å². The predicted octanol–water partition coefficient (Wildman–Crippen LogP) is 7.55. The third-order valence-corrected chi connectivity index (χ3v) is 0. The van der Waals surface area contributed by atoms with Crippen LogP contribution < -0.4 is 0 Å². The fourth-order valence-corrected chi connectivity index (χ4v) is 0. The van der Waals surface area contributed by atoms with Gasteiger partial charge in [0.25, 0.3) is 0 Å². The van der Waals surface area contributed by atoms with Gasteiger partial charge < -0.3 is 14.9 Å². The molecule has 0 heterocycles. The quantitative estimate of drug-likeness (QED) is 0.405. The van der Waals surface area contributed by atoms with Gasteiger partial charge in [-0.1, -0.05) is 85.1 Å². The summed E-state index contributed by atoms with van der Waals surface area (Å²) in [6.07, 6.45) is 2.50. The molecule has 107 valence electrons. The fraction of sp³-hybridized carbons (Fsp3) is 0.857. The summed E-state index contributed by atoms with van der Waals surface area (Å²) in [5.41, 5.74) is 0. The summed E-state index contributed by atoms with van der Waals surface area (Å²) in [5, 5.41) is 0. The van der Waals surface area contributed by atoms with Crippen LogP contribution in [0.3, 0.4) is 0 Å². The summed E-state index contributed by atoms with van der Waals surface area (Å²) in [4.78, 5) is 0. The molecule has 0 aliphatic heterocycles. The topological polar surface area (TPSA) is 0 Å². The van der Waals surface area contributed by atoms with Crippen molar-refractivity contribution in [1.29, 1.82) is 0 Å². The third-order valence-electron chi connectivity index (χ3n) is 0. The van der Waals surface area contributed by atoms with Crippen LogP contribution >= 0.6 is 0 Å². The molecule has 0 aliphatic rings. The molecule has 0 N–H and O–H groups in total. The average molecular weight is 303 g/mol. The molecular weight excluding hydrogens is 257 g/mol. The Bertz CT molecular complexity index is 7.30. The Labute approximate surface area is 132 Å². The van der Waals surface area contributed by atoms with Gasteiger partial charge in [0.05, 0.1) is 0 Å². The average Bonchev–Trinajstić information content (AvgIpc) is 1.39. The SMILES string of the molecule is C.C.C.C.C.C.CCC.CCC.[CH3-].[CH3-].[Y]. The van der Waals surface area contributed by atoms with Gasteiger partial charge in [0.1, 0.15) is 0 Å². The second-order valence-electron chi connectivity index (χ2n) is 1.41. The van der Waals surface area contributed by atoms with Crippen molar-refractivity contribution in [2.75, 3.05) is 0 Å². The minimum absolute atomic E-state index is 0. The van der Waals surface area contributed by atoms with Crippen molar-refractivity contribution in [3.8, 4) is 0 Å². The number of hydrogen-bond acceptors (Lipinski definition) is 0. The van der Waals surface area contributed by atoms with Gasteiger partial charge in [0, 0.05) is 32.7 Å². The molecule has 0 atom stereocenters. The molecule has 0 aromatic carbocycles. The summed E-state index contributed by atoms with van der Waals surface area (Å²) < 4.78 is 0. The van der Waals surface area contributed by atoms with Gasteiger partial charge in [0.15, 0.2) is 0 Å². The standard InChI is InChI=1S/2C3H8.6CH4.2CH3.Y/c2*1-3-2;;;;;;;;;/h2*3H2,1-2H3;6*1H4;2*1H3;/q;;;;;;;;2*-1;. The van der Waals surface area contributed by atoms with E-state index in [-0.39, 0.29) is 92.1 Å². The van der Waals surface area contributed by atoms with E-state index in [1.54, 1.807) is 0 Å². The van der Waals surface area contributed by atoms with Gasteiger partial charge in [-0.2, -0.15) is 0 Å². The monoisotopic (exact) mass is 303 g/mol. The largest absolute Gasteiger partial charge is 0.358 e. The molecule has 0 rings (SSSR count). The van der Waals surface area contributed by atoms with Crippen LogP contribution in [0.2, 0.25) is 0 Å². The Morgan fingerprint density at radius 2 is 0.467 bits per heavy atom.